The number of para-hydroxylation sites is 1. The van der Waals surface area contributed by atoms with Gasteiger partial charge < -0.3 is 4.74 Å². The van der Waals surface area contributed by atoms with Crippen LogP contribution >= 0.6 is 0 Å². The first-order chi connectivity index (χ1) is 13.9. The van der Waals surface area contributed by atoms with Crippen molar-refractivity contribution in [1.82, 2.24) is 9.21 Å². The number of piperidine rings is 1. The highest BCUT2D eigenvalue weighted by atomic mass is 32.2. The lowest BCUT2D eigenvalue weighted by Crippen LogP contribution is -2.48. The number of hydrogen-bond acceptors (Lipinski definition) is 4. The molecule has 0 aromatic heterocycles. The molecule has 8 heteroatoms. The molecular weight excluding hydrogens is 398 g/mol. The topological polar surface area (TPSA) is 49.9 Å². The number of nitrogens with zero attached hydrogens (tertiary/aromatic N) is 2. The molecule has 2 aromatic carbocycles. The van der Waals surface area contributed by atoms with E-state index in [4.69, 9.17) is 4.74 Å². The predicted molar refractivity (Wildman–Crippen MR) is 106 cm³/mol. The summed E-state index contributed by atoms with van der Waals surface area (Å²) in [6, 6.07) is 10.5. The van der Waals surface area contributed by atoms with E-state index in [0.717, 1.165) is 24.9 Å². The average Bonchev–Trinajstić information content (AvgIpc) is 3.05. The lowest BCUT2D eigenvalue weighted by molar-refractivity contribution is 0.146. The van der Waals surface area contributed by atoms with Crippen molar-refractivity contribution in [3.63, 3.8) is 0 Å². The Hall–Kier alpha value is -2.03. The number of sulfonamides is 1. The Balaban J connectivity index is 1.42. The molecule has 2 aliphatic heterocycles. The van der Waals surface area contributed by atoms with Crippen molar-refractivity contribution in [2.45, 2.75) is 31.8 Å². The summed E-state index contributed by atoms with van der Waals surface area (Å²) in [7, 11) is -3.13. The van der Waals surface area contributed by atoms with Crippen LogP contribution in [0.4, 0.5) is 8.78 Å². The van der Waals surface area contributed by atoms with Crippen molar-refractivity contribution in [3.05, 3.63) is 59.7 Å². The Labute approximate surface area is 169 Å². The van der Waals surface area contributed by atoms with Gasteiger partial charge >= 0.3 is 0 Å². The molecule has 0 N–H and O–H groups in total. The molecule has 2 fully saturated rings. The Morgan fingerprint density at radius 1 is 1.00 bits per heavy atom. The van der Waals surface area contributed by atoms with Gasteiger partial charge in [0.2, 0.25) is 10.0 Å². The maximum atomic E-state index is 14.5. The molecule has 1 atom stereocenters. The fraction of sp³-hybridized carbons (Fsp3) is 0.429. The third kappa shape index (κ3) is 4.60. The lowest BCUT2D eigenvalue weighted by Gasteiger charge is -2.36. The predicted octanol–water partition coefficient (Wildman–Crippen LogP) is 3.76. The zero-order valence-corrected chi connectivity index (χ0v) is 16.9. The van der Waals surface area contributed by atoms with Crippen molar-refractivity contribution < 1.29 is 21.9 Å². The van der Waals surface area contributed by atoms with Gasteiger partial charge in [0.05, 0.1) is 5.75 Å². The van der Waals surface area contributed by atoms with E-state index < -0.39 is 21.7 Å². The quantitative estimate of drug-likeness (QED) is 0.736. The average molecular weight is 422 g/mol. The number of halogens is 2. The zero-order valence-electron chi connectivity index (χ0n) is 16.1. The molecule has 0 saturated carbocycles. The van der Waals surface area contributed by atoms with E-state index in [0.29, 0.717) is 26.1 Å². The minimum Gasteiger partial charge on any atom is -0.451 e. The van der Waals surface area contributed by atoms with Crippen LogP contribution in [0.3, 0.4) is 0 Å². The summed E-state index contributed by atoms with van der Waals surface area (Å²) < 4.78 is 59.6. The van der Waals surface area contributed by atoms with Crippen LogP contribution in [-0.4, -0.2) is 49.1 Å². The van der Waals surface area contributed by atoms with Crippen LogP contribution in [0.25, 0.3) is 0 Å². The second kappa shape index (κ2) is 8.38. The first-order valence-electron chi connectivity index (χ1n) is 9.85. The summed E-state index contributed by atoms with van der Waals surface area (Å²) in [4.78, 5) is 2.16. The van der Waals surface area contributed by atoms with Crippen molar-refractivity contribution in [2.24, 2.45) is 0 Å². The van der Waals surface area contributed by atoms with Gasteiger partial charge in [-0.15, -0.1) is 0 Å². The number of benzene rings is 2. The lowest BCUT2D eigenvalue weighted by atomic mass is 10.0. The number of likely N-dealkylation sites (tertiary alicyclic amines) is 1. The first kappa shape index (κ1) is 20.3. The summed E-state index contributed by atoms with van der Waals surface area (Å²) in [6.07, 6.45) is 2.46. The number of ether oxygens (including phenoxy) is 1. The van der Waals surface area contributed by atoms with Gasteiger partial charge in [-0.1, -0.05) is 18.2 Å². The maximum Gasteiger partial charge on any atom is 0.214 e. The highest BCUT2D eigenvalue weighted by molar-refractivity contribution is 7.89. The van der Waals surface area contributed by atoms with E-state index in [9.17, 15) is 17.2 Å². The van der Waals surface area contributed by atoms with Crippen LogP contribution in [0.2, 0.25) is 0 Å². The van der Waals surface area contributed by atoms with E-state index >= 15 is 0 Å². The number of hydrogen-bond donors (Lipinski definition) is 0. The Morgan fingerprint density at radius 2 is 1.79 bits per heavy atom. The molecule has 29 heavy (non-hydrogen) atoms. The Kier molecular flexibility index (Phi) is 5.85. The summed E-state index contributed by atoms with van der Waals surface area (Å²) in [6.45, 7) is 2.62. The molecule has 0 amide bonds. The highest BCUT2D eigenvalue weighted by Gasteiger charge is 2.36. The molecule has 2 saturated heterocycles. The van der Waals surface area contributed by atoms with Gasteiger partial charge in [0.15, 0.2) is 23.1 Å². The molecule has 2 aliphatic rings. The molecule has 2 aromatic rings. The molecular formula is C21H24F2N2O3S. The second-order valence-corrected chi connectivity index (χ2v) is 9.65. The normalized spacial score (nSPS) is 22.6. The SMILES string of the molecule is O=S1(=O)CCCN1C1CCCN(Cc2ccc(Oc3ccccc3F)c(F)c2)C1. The minimum absolute atomic E-state index is 0.00948. The molecule has 4 rings (SSSR count). The van der Waals surface area contributed by atoms with E-state index in [1.165, 1.54) is 24.3 Å². The van der Waals surface area contributed by atoms with Crippen LogP contribution in [0.15, 0.2) is 42.5 Å². The van der Waals surface area contributed by atoms with Gasteiger partial charge in [0.25, 0.3) is 0 Å². The molecule has 1 unspecified atom stereocenters. The van der Waals surface area contributed by atoms with Crippen molar-refractivity contribution in [3.8, 4) is 11.5 Å². The van der Waals surface area contributed by atoms with E-state index in [2.05, 4.69) is 4.90 Å². The second-order valence-electron chi connectivity index (χ2n) is 7.61. The Bertz CT molecular complexity index is 984. The highest BCUT2D eigenvalue weighted by Crippen LogP contribution is 2.28. The van der Waals surface area contributed by atoms with Crippen LogP contribution in [0.1, 0.15) is 24.8 Å². The molecule has 0 aliphatic carbocycles. The third-order valence-corrected chi connectivity index (χ3v) is 7.48. The summed E-state index contributed by atoms with van der Waals surface area (Å²) >= 11 is 0. The van der Waals surface area contributed by atoms with Crippen LogP contribution < -0.4 is 4.74 Å². The summed E-state index contributed by atoms with van der Waals surface area (Å²) in [5.41, 5.74) is 0.772. The van der Waals surface area contributed by atoms with E-state index in [-0.39, 0.29) is 23.3 Å². The smallest absolute Gasteiger partial charge is 0.214 e. The van der Waals surface area contributed by atoms with E-state index in [1.807, 2.05) is 0 Å². The van der Waals surface area contributed by atoms with Gasteiger partial charge in [0, 0.05) is 25.7 Å². The molecule has 2 heterocycles. The molecule has 0 spiro atoms. The van der Waals surface area contributed by atoms with Crippen LogP contribution in [0, 0.1) is 11.6 Å². The standard InChI is InChI=1S/C21H24F2N2O3S/c22-18-6-1-2-7-20(18)28-21-9-8-16(13-19(21)23)14-24-10-3-5-17(15-24)25-11-4-12-29(25,26)27/h1-2,6-9,13,17H,3-5,10-12,14-15H2. The third-order valence-electron chi connectivity index (χ3n) is 5.49. The van der Waals surface area contributed by atoms with Gasteiger partial charge in [-0.05, 0) is 55.6 Å². The summed E-state index contributed by atoms with van der Waals surface area (Å²) in [5.74, 6) is -0.921. The minimum atomic E-state index is -3.13. The van der Waals surface area contributed by atoms with Crippen molar-refractivity contribution >= 4 is 10.0 Å². The van der Waals surface area contributed by atoms with Crippen molar-refractivity contribution in [2.75, 3.05) is 25.4 Å². The maximum absolute atomic E-state index is 14.5. The summed E-state index contributed by atoms with van der Waals surface area (Å²) in [5, 5.41) is 0. The van der Waals surface area contributed by atoms with Gasteiger partial charge in [-0.2, -0.15) is 4.31 Å². The Morgan fingerprint density at radius 3 is 2.52 bits per heavy atom. The van der Waals surface area contributed by atoms with Gasteiger partial charge in [0.1, 0.15) is 0 Å². The largest absolute Gasteiger partial charge is 0.451 e. The molecule has 0 bridgehead atoms. The first-order valence-corrected chi connectivity index (χ1v) is 11.5. The molecule has 156 valence electrons. The number of rotatable bonds is 5. The fourth-order valence-electron chi connectivity index (χ4n) is 4.11. The molecule has 0 radical (unpaired) electrons. The zero-order chi connectivity index (χ0) is 20.4. The van der Waals surface area contributed by atoms with Crippen molar-refractivity contribution in [1.29, 1.82) is 0 Å². The van der Waals surface area contributed by atoms with Crippen LogP contribution in [-0.2, 0) is 16.6 Å². The van der Waals surface area contributed by atoms with Crippen LogP contribution in [0.5, 0.6) is 11.5 Å². The van der Waals surface area contributed by atoms with Gasteiger partial charge in [-0.25, -0.2) is 17.2 Å². The molecule has 5 nitrogen and oxygen atoms in total. The van der Waals surface area contributed by atoms with Gasteiger partial charge in [-0.3, -0.25) is 4.90 Å². The monoisotopic (exact) mass is 422 g/mol. The fourth-order valence-corrected chi connectivity index (χ4v) is 5.87. The van der Waals surface area contributed by atoms with E-state index in [1.54, 1.807) is 22.5 Å².